The summed E-state index contributed by atoms with van der Waals surface area (Å²) < 4.78 is 0. The van der Waals surface area contributed by atoms with Crippen LogP contribution in [0.4, 0.5) is 5.69 Å². The first kappa shape index (κ1) is 10.9. The van der Waals surface area contributed by atoms with Gasteiger partial charge in [-0.05, 0) is 6.42 Å². The maximum Gasteiger partial charge on any atom is 0.224 e. The third kappa shape index (κ3) is 1.65. The van der Waals surface area contributed by atoms with Crippen LogP contribution in [0.15, 0.2) is 0 Å². The van der Waals surface area contributed by atoms with Gasteiger partial charge in [-0.25, -0.2) is 0 Å². The zero-order valence-corrected chi connectivity index (χ0v) is 9.67. The average Bonchev–Trinajstić information content (AvgIpc) is 2.23. The first-order valence-electron chi connectivity index (χ1n) is 4.20. The fourth-order valence-electron chi connectivity index (χ4n) is 1.51. The number of carbonyl (C=O) groups is 1. The first-order chi connectivity index (χ1) is 7.02. The number of anilines is 1. The van der Waals surface area contributed by atoms with E-state index < -0.39 is 0 Å². The van der Waals surface area contributed by atoms with Crippen LogP contribution in [0.25, 0.3) is 0 Å². The van der Waals surface area contributed by atoms with Gasteiger partial charge in [-0.15, -0.1) is 0 Å². The van der Waals surface area contributed by atoms with E-state index in [0.717, 1.165) is 0 Å². The minimum atomic E-state index is -0.228. The van der Waals surface area contributed by atoms with Gasteiger partial charge in [0.05, 0.1) is 15.7 Å². The molecule has 0 aliphatic carbocycles. The van der Waals surface area contributed by atoms with E-state index in [4.69, 9.17) is 34.8 Å². The monoisotopic (exact) mass is 265 g/mol. The summed E-state index contributed by atoms with van der Waals surface area (Å²) in [5.74, 6) is -0.402. The van der Waals surface area contributed by atoms with Crippen LogP contribution >= 0.6 is 34.8 Å². The molecule has 80 valence electrons. The fourth-order valence-corrected chi connectivity index (χ4v) is 2.23. The van der Waals surface area contributed by atoms with Gasteiger partial charge in [-0.1, -0.05) is 34.8 Å². The molecular weight excluding hydrogens is 260 g/mol. The van der Waals surface area contributed by atoms with Crippen molar-refractivity contribution in [2.45, 2.75) is 12.8 Å². The predicted octanol–water partition coefficient (Wildman–Crippen LogP) is 3.24. The summed E-state index contributed by atoms with van der Waals surface area (Å²) in [6, 6.07) is 0. The van der Waals surface area contributed by atoms with Crippen LogP contribution in [0.5, 0.6) is 5.75 Å². The zero-order chi connectivity index (χ0) is 11.2. The van der Waals surface area contributed by atoms with Crippen LogP contribution in [0.1, 0.15) is 12.0 Å². The van der Waals surface area contributed by atoms with Gasteiger partial charge in [0, 0.05) is 12.0 Å². The molecule has 0 aromatic heterocycles. The minimum Gasteiger partial charge on any atom is -0.504 e. The topological polar surface area (TPSA) is 49.3 Å². The molecule has 0 unspecified atom stereocenters. The van der Waals surface area contributed by atoms with Crippen molar-refractivity contribution in [3.05, 3.63) is 20.6 Å². The van der Waals surface area contributed by atoms with Gasteiger partial charge in [0.15, 0.2) is 5.75 Å². The zero-order valence-electron chi connectivity index (χ0n) is 7.40. The number of rotatable bonds is 0. The van der Waals surface area contributed by atoms with Crippen molar-refractivity contribution in [1.82, 2.24) is 0 Å². The molecule has 0 saturated carbocycles. The van der Waals surface area contributed by atoms with Crippen LogP contribution in [0, 0.1) is 0 Å². The van der Waals surface area contributed by atoms with Crippen LogP contribution in [0.2, 0.25) is 15.1 Å². The number of amides is 1. The Hall–Kier alpha value is -0.640. The number of phenolic OH excluding ortho intramolecular Hbond substituents is 1. The normalized spacial score (nSPS) is 14.7. The average molecular weight is 267 g/mol. The van der Waals surface area contributed by atoms with Crippen molar-refractivity contribution in [3.63, 3.8) is 0 Å². The summed E-state index contributed by atoms with van der Waals surface area (Å²) in [6.45, 7) is 0. The number of fused-ring (bicyclic) bond motifs is 1. The summed E-state index contributed by atoms with van der Waals surface area (Å²) in [5, 5.41) is 12.6. The van der Waals surface area contributed by atoms with Crippen molar-refractivity contribution in [2.24, 2.45) is 0 Å². The molecule has 6 heteroatoms. The lowest BCUT2D eigenvalue weighted by Gasteiger charge is -2.20. The van der Waals surface area contributed by atoms with Crippen LogP contribution < -0.4 is 5.32 Å². The molecule has 15 heavy (non-hydrogen) atoms. The Morgan fingerprint density at radius 1 is 1.07 bits per heavy atom. The molecule has 1 aliphatic rings. The molecule has 1 aliphatic heterocycles. The Bertz CT molecular complexity index is 459. The third-order valence-corrected chi connectivity index (χ3v) is 3.62. The van der Waals surface area contributed by atoms with E-state index in [1.807, 2.05) is 0 Å². The van der Waals surface area contributed by atoms with Gasteiger partial charge in [-0.3, -0.25) is 4.79 Å². The molecule has 1 aromatic rings. The summed E-state index contributed by atoms with van der Waals surface area (Å²) >= 11 is 17.5. The Balaban J connectivity index is 2.70. The van der Waals surface area contributed by atoms with E-state index in [9.17, 15) is 9.90 Å². The quantitative estimate of drug-likeness (QED) is 0.559. The Morgan fingerprint density at radius 2 is 1.73 bits per heavy atom. The standard InChI is InChI=1S/C9H6Cl3NO2/c10-5-3-1-2-4(14)13-8(3)9(15)7(12)6(5)11/h15H,1-2H2,(H,13,14). The summed E-state index contributed by atoms with van der Waals surface area (Å²) in [4.78, 5) is 11.1. The molecule has 2 rings (SSSR count). The Kier molecular flexibility index (Phi) is 2.71. The number of hydrogen-bond donors (Lipinski definition) is 2. The second-order valence-electron chi connectivity index (χ2n) is 3.19. The van der Waals surface area contributed by atoms with Crippen LogP contribution in [-0.4, -0.2) is 11.0 Å². The van der Waals surface area contributed by atoms with Gasteiger partial charge in [0.2, 0.25) is 5.91 Å². The van der Waals surface area contributed by atoms with E-state index in [1.165, 1.54) is 0 Å². The summed E-state index contributed by atoms with van der Waals surface area (Å²) in [7, 11) is 0. The van der Waals surface area contributed by atoms with Gasteiger partial charge < -0.3 is 10.4 Å². The molecule has 1 heterocycles. The number of aromatic hydroxyl groups is 1. The summed E-state index contributed by atoms with van der Waals surface area (Å²) in [5.41, 5.74) is 0.897. The van der Waals surface area contributed by atoms with Crippen molar-refractivity contribution in [2.75, 3.05) is 5.32 Å². The van der Waals surface area contributed by atoms with Crippen molar-refractivity contribution < 1.29 is 9.90 Å². The minimum absolute atomic E-state index is 0.0392. The number of hydrogen-bond acceptors (Lipinski definition) is 2. The fraction of sp³-hybridized carbons (Fsp3) is 0.222. The number of carbonyl (C=O) groups excluding carboxylic acids is 1. The Morgan fingerprint density at radius 3 is 2.40 bits per heavy atom. The molecule has 0 radical (unpaired) electrons. The van der Waals surface area contributed by atoms with Crippen molar-refractivity contribution in [3.8, 4) is 5.75 Å². The molecule has 0 atom stereocenters. The smallest absolute Gasteiger partial charge is 0.224 e. The second kappa shape index (κ2) is 3.74. The largest absolute Gasteiger partial charge is 0.504 e. The number of benzene rings is 1. The van der Waals surface area contributed by atoms with E-state index >= 15 is 0 Å². The molecule has 0 fully saturated rings. The molecule has 0 spiro atoms. The number of phenols is 1. The Labute approximate surface area is 101 Å². The highest BCUT2D eigenvalue weighted by Crippen LogP contribution is 2.47. The predicted molar refractivity (Wildman–Crippen MR) is 60.1 cm³/mol. The molecule has 2 N–H and O–H groups in total. The SMILES string of the molecule is O=C1CCc2c(Cl)c(Cl)c(Cl)c(O)c2N1. The van der Waals surface area contributed by atoms with Gasteiger partial charge in [-0.2, -0.15) is 0 Å². The highest BCUT2D eigenvalue weighted by molar-refractivity contribution is 6.49. The molecular formula is C9H6Cl3NO2. The van der Waals surface area contributed by atoms with Crippen molar-refractivity contribution in [1.29, 1.82) is 0 Å². The highest BCUT2D eigenvalue weighted by atomic mass is 35.5. The molecule has 1 amide bonds. The maximum atomic E-state index is 11.1. The molecule has 0 bridgehead atoms. The maximum absolute atomic E-state index is 11.1. The summed E-state index contributed by atoms with van der Waals surface area (Å²) in [6.07, 6.45) is 0.772. The van der Waals surface area contributed by atoms with Crippen LogP contribution in [-0.2, 0) is 11.2 Å². The van der Waals surface area contributed by atoms with Crippen molar-refractivity contribution >= 4 is 46.4 Å². The molecule has 3 nitrogen and oxygen atoms in total. The lowest BCUT2D eigenvalue weighted by Crippen LogP contribution is -2.19. The van der Waals surface area contributed by atoms with Gasteiger partial charge in [0.25, 0.3) is 0 Å². The van der Waals surface area contributed by atoms with Gasteiger partial charge in [0.1, 0.15) is 5.02 Å². The number of nitrogens with one attached hydrogen (secondary N) is 1. The van der Waals surface area contributed by atoms with E-state index in [1.54, 1.807) is 0 Å². The van der Waals surface area contributed by atoms with E-state index in [2.05, 4.69) is 5.32 Å². The third-order valence-electron chi connectivity index (χ3n) is 2.26. The van der Waals surface area contributed by atoms with E-state index in [-0.39, 0.29) is 32.4 Å². The molecule has 0 saturated heterocycles. The van der Waals surface area contributed by atoms with E-state index in [0.29, 0.717) is 18.4 Å². The number of halogens is 3. The van der Waals surface area contributed by atoms with Gasteiger partial charge >= 0.3 is 0 Å². The lowest BCUT2D eigenvalue weighted by molar-refractivity contribution is -0.116. The van der Waals surface area contributed by atoms with Crippen LogP contribution in [0.3, 0.4) is 0 Å². The second-order valence-corrected chi connectivity index (χ2v) is 4.33. The highest BCUT2D eigenvalue weighted by Gasteiger charge is 2.25. The molecule has 1 aromatic carbocycles. The lowest BCUT2D eigenvalue weighted by atomic mass is 10.0. The first-order valence-corrected chi connectivity index (χ1v) is 5.34.